The largest absolute Gasteiger partial charge is 0.504 e. The Morgan fingerprint density at radius 2 is 2.05 bits per heavy atom. The van der Waals surface area contributed by atoms with Crippen LogP contribution in [0.25, 0.3) is 0 Å². The summed E-state index contributed by atoms with van der Waals surface area (Å²) in [5.41, 5.74) is 14.3. The number of hydrogen-bond acceptors (Lipinski definition) is 9. The molecule has 44 heavy (non-hydrogen) atoms. The molecule has 0 spiro atoms. The van der Waals surface area contributed by atoms with Crippen molar-refractivity contribution in [3.8, 4) is 11.5 Å². The van der Waals surface area contributed by atoms with Crippen molar-refractivity contribution < 1.29 is 34.9 Å². The summed E-state index contributed by atoms with van der Waals surface area (Å²) in [6, 6.07) is 8.98. The average Bonchev–Trinajstić information content (AvgIpc) is 3.57. The van der Waals surface area contributed by atoms with E-state index in [1.54, 1.807) is 18.2 Å². The first-order valence-electron chi connectivity index (χ1n) is 15.4. The zero-order chi connectivity index (χ0) is 31.2. The number of carbonyl (C=O) groups excluding carboxylic acids is 1. The maximum absolute atomic E-state index is 12.4. The van der Waals surface area contributed by atoms with Gasteiger partial charge >= 0.3 is 0 Å². The maximum Gasteiger partial charge on any atom is 0.227 e. The van der Waals surface area contributed by atoms with E-state index in [0.717, 1.165) is 56.0 Å². The van der Waals surface area contributed by atoms with Gasteiger partial charge in [-0.05, 0) is 64.8 Å². The number of allylic oxidation sites excluding steroid dienone is 1. The minimum Gasteiger partial charge on any atom is -0.504 e. The molecular formula is C34H43N4O6+. The monoisotopic (exact) mass is 603 g/mol. The Morgan fingerprint density at radius 1 is 1.20 bits per heavy atom. The van der Waals surface area contributed by atoms with E-state index in [2.05, 4.69) is 9.98 Å². The number of nitrogens with two attached hydrogens (primary N) is 1. The second-order valence-electron chi connectivity index (χ2n) is 11.9. The number of ether oxygens (including phenoxy) is 1. The summed E-state index contributed by atoms with van der Waals surface area (Å²) in [6.07, 6.45) is 7.64. The Balaban J connectivity index is 1.17. The summed E-state index contributed by atoms with van der Waals surface area (Å²) in [5, 5.41) is 40.5. The van der Waals surface area contributed by atoms with Crippen LogP contribution in [-0.2, 0) is 30.7 Å². The Kier molecular flexibility index (Phi) is 10.4. The predicted octanol–water partition coefficient (Wildman–Crippen LogP) is 1.97. The summed E-state index contributed by atoms with van der Waals surface area (Å²) < 4.78 is 6.02. The molecule has 0 fully saturated rings. The Morgan fingerprint density at radius 3 is 2.84 bits per heavy atom. The molecule has 0 saturated carbocycles. The number of aliphatic hydroxyl groups excluding tert-OH is 3. The van der Waals surface area contributed by atoms with E-state index in [4.69, 9.17) is 10.5 Å². The smallest absolute Gasteiger partial charge is 0.227 e. The lowest BCUT2D eigenvalue weighted by Gasteiger charge is -2.22. The molecule has 7 N–H and O–H groups in total. The molecule has 2 aromatic rings. The van der Waals surface area contributed by atoms with Crippen molar-refractivity contribution in [3.05, 3.63) is 81.2 Å². The van der Waals surface area contributed by atoms with Gasteiger partial charge in [-0.3, -0.25) is 19.7 Å². The van der Waals surface area contributed by atoms with Crippen molar-refractivity contribution in [2.24, 2.45) is 15.7 Å². The lowest BCUT2D eigenvalue weighted by molar-refractivity contribution is -0.855. The van der Waals surface area contributed by atoms with E-state index in [1.165, 1.54) is 0 Å². The first-order valence-corrected chi connectivity index (χ1v) is 15.4. The number of phenolic OH excluding ortho intramolecular Hbond substituents is 1. The molecule has 234 valence electrons. The minimum atomic E-state index is -0.845. The number of aliphatic hydroxyl groups is 3. The van der Waals surface area contributed by atoms with Gasteiger partial charge in [0.25, 0.3) is 0 Å². The summed E-state index contributed by atoms with van der Waals surface area (Å²) in [5.74, 6) is 0.302. The molecule has 3 heterocycles. The van der Waals surface area contributed by atoms with Gasteiger partial charge < -0.3 is 30.9 Å². The number of aromatic hydroxyl groups is 1. The fourth-order valence-corrected chi connectivity index (χ4v) is 6.18. The molecule has 0 aromatic heterocycles. The van der Waals surface area contributed by atoms with Crippen LogP contribution in [0.3, 0.4) is 0 Å². The number of aliphatic imine (C=N–C) groups is 2. The number of carbonyl (C=O) groups is 1. The molecule has 2 aromatic carbocycles. The Hall–Kier alpha value is -3.67. The number of ketones is 1. The van der Waals surface area contributed by atoms with Gasteiger partial charge in [0.1, 0.15) is 30.4 Å². The van der Waals surface area contributed by atoms with Crippen molar-refractivity contribution in [3.63, 3.8) is 0 Å². The van der Waals surface area contributed by atoms with Crippen LogP contribution in [0.4, 0.5) is 0 Å². The Bertz CT molecular complexity index is 1500. The molecule has 0 aliphatic carbocycles. The minimum absolute atomic E-state index is 0.0192. The van der Waals surface area contributed by atoms with Crippen molar-refractivity contribution in [1.29, 1.82) is 0 Å². The summed E-state index contributed by atoms with van der Waals surface area (Å²) in [7, 11) is 0. The molecule has 10 nitrogen and oxygen atoms in total. The highest BCUT2D eigenvalue weighted by atomic mass is 16.5. The number of quaternary nitrogens is 1. The van der Waals surface area contributed by atoms with Crippen molar-refractivity contribution in [2.75, 3.05) is 13.3 Å². The number of nitrogens with one attached hydrogen (secondary N) is 1. The molecule has 5 rings (SSSR count). The number of benzene rings is 2. The fraction of sp³-hybridized carbons (Fsp3) is 0.441. The molecule has 0 bridgehead atoms. The second-order valence-corrected chi connectivity index (χ2v) is 11.9. The number of rotatable bonds is 15. The maximum atomic E-state index is 12.4. The summed E-state index contributed by atoms with van der Waals surface area (Å²) in [6.45, 7) is 2.88. The second kappa shape index (κ2) is 14.4. The zero-order valence-electron chi connectivity index (χ0n) is 25.2. The molecule has 0 saturated heterocycles. The molecule has 4 unspecified atom stereocenters. The van der Waals surface area contributed by atoms with E-state index in [0.29, 0.717) is 38.0 Å². The number of Topliss-reactive ketones (excluding diaryl/α,β-unsaturated/α-hetero) is 1. The van der Waals surface area contributed by atoms with Gasteiger partial charge in [0, 0.05) is 43.7 Å². The van der Waals surface area contributed by atoms with E-state index in [9.17, 15) is 25.2 Å². The Labute approximate surface area is 257 Å². The molecular weight excluding hydrogens is 560 g/mol. The first-order chi connectivity index (χ1) is 21.2. The topological polar surface area (TPSA) is 162 Å². The van der Waals surface area contributed by atoms with E-state index < -0.39 is 18.4 Å². The van der Waals surface area contributed by atoms with Crippen LogP contribution >= 0.6 is 0 Å². The van der Waals surface area contributed by atoms with Crippen LogP contribution in [0.2, 0.25) is 0 Å². The third-order valence-electron chi connectivity index (χ3n) is 8.54. The average molecular weight is 604 g/mol. The molecule has 0 radical (unpaired) electrons. The highest BCUT2D eigenvalue weighted by Crippen LogP contribution is 2.32. The third kappa shape index (κ3) is 7.51. The van der Waals surface area contributed by atoms with Crippen LogP contribution in [0.5, 0.6) is 11.5 Å². The van der Waals surface area contributed by atoms with Crippen molar-refractivity contribution in [2.45, 2.75) is 83.3 Å². The van der Waals surface area contributed by atoms with Gasteiger partial charge in [-0.1, -0.05) is 31.5 Å². The van der Waals surface area contributed by atoms with Crippen molar-refractivity contribution >= 4 is 18.2 Å². The van der Waals surface area contributed by atoms with Crippen LogP contribution < -0.4 is 15.4 Å². The van der Waals surface area contributed by atoms with Gasteiger partial charge in [-0.15, -0.1) is 0 Å². The van der Waals surface area contributed by atoms with Gasteiger partial charge in [0.15, 0.2) is 11.5 Å². The van der Waals surface area contributed by atoms with Crippen LogP contribution in [0, 0.1) is 0 Å². The van der Waals surface area contributed by atoms with Crippen LogP contribution in [0.15, 0.2) is 63.4 Å². The summed E-state index contributed by atoms with van der Waals surface area (Å²) >= 11 is 0. The first kappa shape index (κ1) is 31.7. The zero-order valence-corrected chi connectivity index (χ0v) is 25.2. The molecule has 3 aliphatic heterocycles. The van der Waals surface area contributed by atoms with E-state index in [1.807, 2.05) is 37.7 Å². The highest BCUT2D eigenvalue weighted by molar-refractivity contribution is 5.87. The van der Waals surface area contributed by atoms with E-state index in [-0.39, 0.29) is 44.1 Å². The fourth-order valence-electron chi connectivity index (χ4n) is 6.18. The van der Waals surface area contributed by atoms with Gasteiger partial charge in [-0.25, -0.2) is 0 Å². The number of fused-ring (bicyclic) bond motifs is 2. The van der Waals surface area contributed by atoms with Gasteiger partial charge in [-0.2, -0.15) is 0 Å². The lowest BCUT2D eigenvalue weighted by atomic mass is 9.87. The quantitative estimate of drug-likeness (QED) is 0.181. The molecule has 3 aliphatic rings. The lowest BCUT2D eigenvalue weighted by Crippen LogP contribution is -3.07. The van der Waals surface area contributed by atoms with E-state index >= 15 is 0 Å². The molecule has 0 amide bonds. The SMILES string of the molecule is CCCC(O)CC(O)CC(=O)CCc1ccc(O)c(OC[NH+]2C=C3N=CC(Cc4c(CO)ccc5c4CC=NC5N)=C3C2)c1. The van der Waals surface area contributed by atoms with Crippen LogP contribution in [-0.4, -0.2) is 64.1 Å². The third-order valence-corrected chi connectivity index (χ3v) is 8.54. The normalized spacial score (nSPS) is 20.0. The number of nitrogens with zero attached hydrogens (tertiary/aromatic N) is 2. The predicted molar refractivity (Wildman–Crippen MR) is 168 cm³/mol. The van der Waals surface area contributed by atoms with Crippen LogP contribution in [0.1, 0.15) is 73.0 Å². The van der Waals surface area contributed by atoms with Gasteiger partial charge in [0.2, 0.25) is 6.73 Å². The number of aryl methyl sites for hydroxylation is 1. The standard InChI is InChI=1S/C34H42N4O6/c1-2-3-24(40)14-26(42)15-25(41)7-4-21-5-9-32(43)33(12-21)44-20-38-17-30-23(16-37-31(30)18-38)13-29-22(19-39)6-8-28-27(29)10-11-36-34(28)35/h5-6,8-9,11-12,16,18,24,26,34,39-40,42-43H,2-4,7,10,13-15,17,19-20,35H2,1H3/p+1. The molecule has 10 heteroatoms. The highest BCUT2D eigenvalue weighted by Gasteiger charge is 2.30. The number of hydrogen-bond donors (Lipinski definition) is 6. The van der Waals surface area contributed by atoms with Gasteiger partial charge in [0.05, 0.1) is 18.8 Å². The number of phenols is 1. The van der Waals surface area contributed by atoms with Crippen molar-refractivity contribution in [1.82, 2.24) is 0 Å². The molecule has 4 atom stereocenters. The summed E-state index contributed by atoms with van der Waals surface area (Å²) in [4.78, 5) is 22.4.